The molecule has 2 aromatic heterocycles. The van der Waals surface area contributed by atoms with E-state index in [1.54, 1.807) is 6.07 Å². The molecule has 3 rings (SSSR count). The van der Waals surface area contributed by atoms with Gasteiger partial charge in [-0.25, -0.2) is 4.79 Å². The largest absolute Gasteiger partial charge is 0.465 e. The summed E-state index contributed by atoms with van der Waals surface area (Å²) in [6.45, 7) is 1.96. The van der Waals surface area contributed by atoms with E-state index in [9.17, 15) is 4.79 Å². The van der Waals surface area contributed by atoms with Gasteiger partial charge in [0.15, 0.2) is 5.65 Å². The number of nitrogens with zero attached hydrogens (tertiary/aromatic N) is 3. The summed E-state index contributed by atoms with van der Waals surface area (Å²) in [6, 6.07) is 3.53. The first kappa shape index (κ1) is 12.1. The molecule has 0 amide bonds. The number of carbonyl (C=O) groups excluding carboxylic acids is 1. The summed E-state index contributed by atoms with van der Waals surface area (Å²) in [5.41, 5.74) is 1.02. The molecule has 0 radical (unpaired) electrons. The summed E-state index contributed by atoms with van der Waals surface area (Å²) in [5, 5.41) is 11.8. The highest BCUT2D eigenvalue weighted by atomic mass is 16.5. The van der Waals surface area contributed by atoms with Crippen LogP contribution in [-0.2, 0) is 4.74 Å². The van der Waals surface area contributed by atoms with Gasteiger partial charge in [0.2, 0.25) is 0 Å². The molecule has 2 aromatic rings. The number of hydrogen-bond acceptors (Lipinski definition) is 5. The summed E-state index contributed by atoms with van der Waals surface area (Å²) >= 11 is 0. The van der Waals surface area contributed by atoms with Crippen molar-refractivity contribution < 1.29 is 9.53 Å². The van der Waals surface area contributed by atoms with E-state index in [4.69, 9.17) is 4.74 Å². The molecular formula is C13H16N4O2. The number of methoxy groups -OCH3 is 1. The van der Waals surface area contributed by atoms with E-state index >= 15 is 0 Å². The number of rotatable bonds is 2. The number of aromatic nitrogens is 3. The van der Waals surface area contributed by atoms with E-state index < -0.39 is 0 Å². The minimum absolute atomic E-state index is 0.344. The third kappa shape index (κ3) is 2.08. The van der Waals surface area contributed by atoms with Crippen molar-refractivity contribution in [1.29, 1.82) is 0 Å². The molecule has 1 fully saturated rings. The first-order valence-corrected chi connectivity index (χ1v) is 6.44. The minimum Gasteiger partial charge on any atom is -0.465 e. The number of hydrogen-bond donors (Lipinski definition) is 1. The number of fused-ring (bicyclic) bond motifs is 1. The topological polar surface area (TPSA) is 68.5 Å². The van der Waals surface area contributed by atoms with Crippen molar-refractivity contribution in [3.63, 3.8) is 0 Å². The van der Waals surface area contributed by atoms with Crippen LogP contribution < -0.4 is 5.32 Å². The molecule has 0 aliphatic carbocycles. The Labute approximate surface area is 110 Å². The molecule has 1 N–H and O–H groups in total. The van der Waals surface area contributed by atoms with E-state index in [-0.39, 0.29) is 5.97 Å². The van der Waals surface area contributed by atoms with Gasteiger partial charge in [-0.3, -0.25) is 4.40 Å². The molecule has 3 heterocycles. The molecule has 0 aromatic carbocycles. The predicted octanol–water partition coefficient (Wildman–Crippen LogP) is 0.983. The Morgan fingerprint density at radius 3 is 3.16 bits per heavy atom. The van der Waals surface area contributed by atoms with Crippen molar-refractivity contribution in [1.82, 2.24) is 19.9 Å². The van der Waals surface area contributed by atoms with Crippen molar-refractivity contribution >= 4 is 11.6 Å². The molecule has 6 heteroatoms. The second-order valence-corrected chi connectivity index (χ2v) is 4.71. The molecule has 1 saturated heterocycles. The first-order valence-electron chi connectivity index (χ1n) is 6.44. The number of esters is 1. The molecule has 1 atom stereocenters. The summed E-state index contributed by atoms with van der Waals surface area (Å²) in [7, 11) is 1.37. The number of piperidine rings is 1. The van der Waals surface area contributed by atoms with Crippen molar-refractivity contribution in [2.45, 2.75) is 18.8 Å². The predicted molar refractivity (Wildman–Crippen MR) is 69.2 cm³/mol. The maximum atomic E-state index is 11.7. The van der Waals surface area contributed by atoms with Crippen molar-refractivity contribution in [3.05, 3.63) is 29.7 Å². The van der Waals surface area contributed by atoms with Gasteiger partial charge in [-0.2, -0.15) is 0 Å². The van der Waals surface area contributed by atoms with Crippen LogP contribution in [0.2, 0.25) is 0 Å². The van der Waals surface area contributed by atoms with Crippen LogP contribution in [0.25, 0.3) is 5.65 Å². The lowest BCUT2D eigenvalue weighted by molar-refractivity contribution is 0.0602. The summed E-state index contributed by atoms with van der Waals surface area (Å²) in [4.78, 5) is 11.7. The fourth-order valence-corrected chi connectivity index (χ4v) is 2.55. The van der Waals surface area contributed by atoms with Crippen LogP contribution >= 0.6 is 0 Å². The molecule has 19 heavy (non-hydrogen) atoms. The summed E-state index contributed by atoms with van der Waals surface area (Å²) < 4.78 is 6.66. The number of pyridine rings is 1. The zero-order valence-corrected chi connectivity index (χ0v) is 10.8. The van der Waals surface area contributed by atoms with Gasteiger partial charge in [0, 0.05) is 18.7 Å². The molecule has 1 aliphatic rings. The summed E-state index contributed by atoms with van der Waals surface area (Å²) in [5.74, 6) is 0.871. The van der Waals surface area contributed by atoms with Gasteiger partial charge in [0.25, 0.3) is 0 Å². The average molecular weight is 260 g/mol. The van der Waals surface area contributed by atoms with E-state index in [1.165, 1.54) is 7.11 Å². The smallest absolute Gasteiger partial charge is 0.341 e. The molecule has 6 nitrogen and oxygen atoms in total. The zero-order valence-electron chi connectivity index (χ0n) is 10.8. The number of nitrogens with one attached hydrogen (secondary N) is 1. The Hall–Kier alpha value is -1.95. The van der Waals surface area contributed by atoms with Crippen LogP contribution in [0.15, 0.2) is 18.3 Å². The van der Waals surface area contributed by atoms with E-state index in [0.29, 0.717) is 17.1 Å². The van der Waals surface area contributed by atoms with Gasteiger partial charge in [0.05, 0.1) is 7.11 Å². The zero-order chi connectivity index (χ0) is 13.2. The Balaban J connectivity index is 2.05. The molecule has 0 spiro atoms. The Morgan fingerprint density at radius 1 is 1.53 bits per heavy atom. The highest BCUT2D eigenvalue weighted by Gasteiger charge is 2.22. The van der Waals surface area contributed by atoms with Crippen LogP contribution in [0.5, 0.6) is 0 Å². The minimum atomic E-state index is -0.383. The maximum Gasteiger partial charge on any atom is 0.341 e. The Kier molecular flexibility index (Phi) is 3.16. The van der Waals surface area contributed by atoms with Gasteiger partial charge in [-0.15, -0.1) is 10.2 Å². The summed E-state index contributed by atoms with van der Waals surface area (Å²) in [6.07, 6.45) is 4.12. The van der Waals surface area contributed by atoms with Gasteiger partial charge in [-0.1, -0.05) is 0 Å². The molecule has 1 unspecified atom stereocenters. The fraction of sp³-hybridized carbons (Fsp3) is 0.462. The van der Waals surface area contributed by atoms with Crippen molar-refractivity contribution in [2.24, 2.45) is 0 Å². The average Bonchev–Trinajstić information content (AvgIpc) is 2.91. The molecule has 0 bridgehead atoms. The molecule has 1 aliphatic heterocycles. The standard InChI is InChI=1S/C13H16N4O2/c1-19-13(18)10-5-3-7-17-11(15-16-12(10)17)9-4-2-6-14-8-9/h3,5,7,9,14H,2,4,6,8H2,1H3. The van der Waals surface area contributed by atoms with E-state index in [1.807, 2.05) is 16.7 Å². The van der Waals surface area contributed by atoms with Gasteiger partial charge in [0.1, 0.15) is 11.4 Å². The van der Waals surface area contributed by atoms with Crippen LogP contribution in [0, 0.1) is 0 Å². The van der Waals surface area contributed by atoms with Crippen LogP contribution in [0.1, 0.15) is 34.9 Å². The normalized spacial score (nSPS) is 19.5. The molecular weight excluding hydrogens is 244 g/mol. The lowest BCUT2D eigenvalue weighted by atomic mass is 9.99. The Bertz CT molecular complexity index is 602. The van der Waals surface area contributed by atoms with Crippen molar-refractivity contribution in [2.75, 3.05) is 20.2 Å². The highest BCUT2D eigenvalue weighted by Crippen LogP contribution is 2.23. The number of carbonyl (C=O) groups is 1. The lowest BCUT2D eigenvalue weighted by Gasteiger charge is -2.21. The fourth-order valence-electron chi connectivity index (χ4n) is 2.55. The molecule has 100 valence electrons. The number of ether oxygens (including phenoxy) is 1. The second-order valence-electron chi connectivity index (χ2n) is 4.71. The highest BCUT2D eigenvalue weighted by molar-refractivity contribution is 5.95. The van der Waals surface area contributed by atoms with E-state index in [0.717, 1.165) is 31.8 Å². The van der Waals surface area contributed by atoms with Gasteiger partial charge >= 0.3 is 5.97 Å². The monoisotopic (exact) mass is 260 g/mol. The van der Waals surface area contributed by atoms with Crippen molar-refractivity contribution in [3.8, 4) is 0 Å². The third-order valence-electron chi connectivity index (χ3n) is 3.53. The molecule has 0 saturated carbocycles. The first-order chi connectivity index (χ1) is 9.31. The van der Waals surface area contributed by atoms with Gasteiger partial charge < -0.3 is 10.1 Å². The van der Waals surface area contributed by atoms with Crippen LogP contribution in [0.4, 0.5) is 0 Å². The SMILES string of the molecule is COC(=O)c1cccn2c(C3CCCNC3)nnc12. The quantitative estimate of drug-likeness (QED) is 0.815. The second kappa shape index (κ2) is 4.97. The van der Waals surface area contributed by atoms with Crippen LogP contribution in [0.3, 0.4) is 0 Å². The van der Waals surface area contributed by atoms with E-state index in [2.05, 4.69) is 15.5 Å². The lowest BCUT2D eigenvalue weighted by Crippen LogP contribution is -2.29. The van der Waals surface area contributed by atoms with Gasteiger partial charge in [-0.05, 0) is 31.5 Å². The third-order valence-corrected chi connectivity index (χ3v) is 3.53. The Morgan fingerprint density at radius 2 is 2.42 bits per heavy atom. The maximum absolute atomic E-state index is 11.7. The van der Waals surface area contributed by atoms with Crippen LogP contribution in [-0.4, -0.2) is 40.8 Å².